The molecule has 0 unspecified atom stereocenters. The van der Waals surface area contributed by atoms with Crippen molar-refractivity contribution in [3.05, 3.63) is 54.6 Å². The van der Waals surface area contributed by atoms with Crippen LogP contribution in [0.25, 0.3) is 0 Å². The van der Waals surface area contributed by atoms with Gasteiger partial charge in [0.1, 0.15) is 0 Å². The van der Waals surface area contributed by atoms with Crippen molar-refractivity contribution in [3.63, 3.8) is 0 Å². The van der Waals surface area contributed by atoms with E-state index >= 15 is 0 Å². The van der Waals surface area contributed by atoms with Gasteiger partial charge in [-0.15, -0.1) is 0 Å². The van der Waals surface area contributed by atoms with Crippen LogP contribution in [0.3, 0.4) is 0 Å². The number of rotatable bonds is 7. The van der Waals surface area contributed by atoms with Crippen molar-refractivity contribution in [2.24, 2.45) is 5.92 Å². The van der Waals surface area contributed by atoms with Crippen LogP contribution in [0.4, 0.5) is 0 Å². The zero-order valence-electron chi connectivity index (χ0n) is 13.1. The van der Waals surface area contributed by atoms with Gasteiger partial charge in [0.25, 0.3) is 0 Å². The minimum Gasteiger partial charge on any atom is -0.0776 e. The fraction of sp³-hybridized carbons (Fsp3) is 0.500. The Bertz CT molecular complexity index is 468. The fourth-order valence-electron chi connectivity index (χ4n) is 3.94. The Labute approximate surface area is 130 Å². The molecule has 21 heavy (non-hydrogen) atoms. The van der Waals surface area contributed by atoms with Gasteiger partial charge in [-0.05, 0) is 50.2 Å². The van der Waals surface area contributed by atoms with Crippen LogP contribution in [0.15, 0.2) is 54.6 Å². The van der Waals surface area contributed by atoms with E-state index in [0.29, 0.717) is 0 Å². The van der Waals surface area contributed by atoms with Crippen molar-refractivity contribution in [1.29, 1.82) is 0 Å². The topological polar surface area (TPSA) is 0 Å². The molecular formula is C20H28P+. The van der Waals surface area contributed by atoms with Crippen LogP contribution in [0, 0.1) is 5.92 Å². The van der Waals surface area contributed by atoms with Crippen LogP contribution in [-0.4, -0.2) is 18.5 Å². The Morgan fingerprint density at radius 3 is 2.29 bits per heavy atom. The minimum absolute atomic E-state index is 0.731. The number of benzene rings is 1. The lowest BCUT2D eigenvalue weighted by atomic mass is 10.0. The first kappa shape index (κ1) is 15.0. The second kappa shape index (κ2) is 7.41. The maximum absolute atomic E-state index is 2.41. The first-order valence-corrected chi connectivity index (χ1v) is 11.0. The molecule has 3 rings (SSSR count). The van der Waals surface area contributed by atoms with Gasteiger partial charge < -0.3 is 0 Å². The second-order valence-corrected chi connectivity index (χ2v) is 10.8. The molecule has 1 heteroatoms. The maximum Gasteiger partial charge on any atom is 0.0939 e. The molecule has 0 bridgehead atoms. The summed E-state index contributed by atoms with van der Waals surface area (Å²) in [5.74, 6) is 0.731. The minimum atomic E-state index is -0.793. The zero-order valence-corrected chi connectivity index (χ0v) is 14.0. The summed E-state index contributed by atoms with van der Waals surface area (Å²) in [5, 5.41) is 1.71. The van der Waals surface area contributed by atoms with Gasteiger partial charge in [0, 0.05) is 7.26 Å². The summed E-state index contributed by atoms with van der Waals surface area (Å²) >= 11 is 0. The number of hydrogen-bond donors (Lipinski definition) is 0. The van der Waals surface area contributed by atoms with E-state index in [1.165, 1.54) is 57.0 Å². The molecule has 1 aliphatic carbocycles. The van der Waals surface area contributed by atoms with Gasteiger partial charge in [-0.2, -0.15) is 0 Å². The van der Waals surface area contributed by atoms with Gasteiger partial charge in [0.2, 0.25) is 0 Å². The lowest BCUT2D eigenvalue weighted by Gasteiger charge is -2.22. The van der Waals surface area contributed by atoms with Gasteiger partial charge >= 0.3 is 0 Å². The summed E-state index contributed by atoms with van der Waals surface area (Å²) < 4.78 is 0. The second-order valence-electron chi connectivity index (χ2n) is 6.64. The van der Waals surface area contributed by atoms with Crippen LogP contribution in [0.5, 0.6) is 0 Å². The summed E-state index contributed by atoms with van der Waals surface area (Å²) in [6.07, 6.45) is 22.2. The molecule has 112 valence electrons. The monoisotopic (exact) mass is 299 g/mol. The van der Waals surface area contributed by atoms with Crippen LogP contribution in [0.1, 0.15) is 38.5 Å². The number of hydrogen-bond acceptors (Lipinski definition) is 0. The molecule has 1 heterocycles. The SMILES string of the molecule is C1=CC(CCCCC[P+]2(c3ccccc3)CCCC2)C=C1. The molecule has 0 atom stereocenters. The summed E-state index contributed by atoms with van der Waals surface area (Å²) in [6, 6.07) is 11.5. The van der Waals surface area contributed by atoms with E-state index in [-0.39, 0.29) is 0 Å². The molecule has 0 amide bonds. The lowest BCUT2D eigenvalue weighted by molar-refractivity contribution is 0.616. The summed E-state index contributed by atoms with van der Waals surface area (Å²) in [6.45, 7) is 0. The lowest BCUT2D eigenvalue weighted by Crippen LogP contribution is -2.16. The maximum atomic E-state index is 2.41. The highest BCUT2D eigenvalue weighted by Gasteiger charge is 2.42. The molecule has 0 radical (unpaired) electrons. The van der Waals surface area contributed by atoms with E-state index in [2.05, 4.69) is 54.6 Å². The molecule has 1 aromatic rings. The third kappa shape index (κ3) is 3.86. The quantitative estimate of drug-likeness (QED) is 0.465. The van der Waals surface area contributed by atoms with Gasteiger partial charge in [0.15, 0.2) is 0 Å². The standard InChI is InChI=1S/C20H28P/c1-4-14-20(15-5-1)21(17-9-10-18-21)16-8-2-3-11-19-12-6-7-13-19/h1,4-7,12-15,19H,2-3,8-11,16-18H2/q+1. The van der Waals surface area contributed by atoms with Gasteiger partial charge in [0.05, 0.1) is 23.8 Å². The average molecular weight is 299 g/mol. The third-order valence-corrected chi connectivity index (χ3v) is 10.1. The van der Waals surface area contributed by atoms with E-state index in [0.717, 1.165) is 5.92 Å². The molecule has 0 spiro atoms. The molecule has 1 saturated heterocycles. The van der Waals surface area contributed by atoms with Gasteiger partial charge in [-0.25, -0.2) is 0 Å². The van der Waals surface area contributed by atoms with Gasteiger partial charge in [-0.1, -0.05) is 48.9 Å². The molecule has 1 aromatic carbocycles. The Morgan fingerprint density at radius 2 is 1.57 bits per heavy atom. The van der Waals surface area contributed by atoms with E-state index in [1.54, 1.807) is 5.30 Å². The molecule has 1 aliphatic heterocycles. The average Bonchev–Trinajstić information content (AvgIpc) is 3.20. The highest BCUT2D eigenvalue weighted by atomic mass is 31.2. The predicted molar refractivity (Wildman–Crippen MR) is 97.1 cm³/mol. The molecule has 0 nitrogen and oxygen atoms in total. The summed E-state index contributed by atoms with van der Waals surface area (Å²) in [5.41, 5.74) is 0. The molecule has 1 fully saturated rings. The van der Waals surface area contributed by atoms with Crippen molar-refractivity contribution in [3.8, 4) is 0 Å². The van der Waals surface area contributed by atoms with Crippen LogP contribution in [-0.2, 0) is 0 Å². The summed E-state index contributed by atoms with van der Waals surface area (Å²) in [7, 11) is -0.793. The zero-order chi connectivity index (χ0) is 14.4. The molecular weight excluding hydrogens is 271 g/mol. The smallest absolute Gasteiger partial charge is 0.0776 e. The first-order valence-electron chi connectivity index (χ1n) is 8.66. The van der Waals surface area contributed by atoms with Crippen molar-refractivity contribution >= 4 is 12.6 Å². The van der Waals surface area contributed by atoms with Crippen molar-refractivity contribution < 1.29 is 0 Å². The normalized spacial score (nSPS) is 20.4. The molecule has 0 aromatic heterocycles. The number of unbranched alkanes of at least 4 members (excludes halogenated alkanes) is 2. The Balaban J connectivity index is 1.47. The third-order valence-electron chi connectivity index (χ3n) is 5.18. The van der Waals surface area contributed by atoms with E-state index in [4.69, 9.17) is 0 Å². The van der Waals surface area contributed by atoms with E-state index in [1.807, 2.05) is 0 Å². The van der Waals surface area contributed by atoms with Crippen molar-refractivity contribution in [2.45, 2.75) is 38.5 Å². The Kier molecular flexibility index (Phi) is 5.31. The molecule has 2 aliphatic rings. The van der Waals surface area contributed by atoms with Crippen molar-refractivity contribution in [2.75, 3.05) is 18.5 Å². The number of allylic oxidation sites excluding steroid dienone is 4. The summed E-state index contributed by atoms with van der Waals surface area (Å²) in [4.78, 5) is 0. The molecule has 0 N–H and O–H groups in total. The first-order chi connectivity index (χ1) is 10.4. The Morgan fingerprint density at radius 1 is 0.857 bits per heavy atom. The van der Waals surface area contributed by atoms with Crippen LogP contribution in [0.2, 0.25) is 0 Å². The fourth-order valence-corrected chi connectivity index (χ4v) is 8.67. The van der Waals surface area contributed by atoms with Gasteiger partial charge in [-0.3, -0.25) is 0 Å². The van der Waals surface area contributed by atoms with Crippen molar-refractivity contribution in [1.82, 2.24) is 0 Å². The van der Waals surface area contributed by atoms with E-state index in [9.17, 15) is 0 Å². The van der Waals surface area contributed by atoms with Crippen LogP contribution < -0.4 is 5.30 Å². The molecule has 0 saturated carbocycles. The van der Waals surface area contributed by atoms with Crippen LogP contribution >= 0.6 is 7.26 Å². The largest absolute Gasteiger partial charge is 0.0939 e. The Hall–Kier alpha value is -0.870. The highest BCUT2D eigenvalue weighted by Crippen LogP contribution is 2.63. The van der Waals surface area contributed by atoms with E-state index < -0.39 is 7.26 Å². The highest BCUT2D eigenvalue weighted by molar-refractivity contribution is 7.83. The predicted octanol–water partition coefficient (Wildman–Crippen LogP) is 5.43.